The number of methoxy groups -OCH3 is 2. The highest BCUT2D eigenvalue weighted by atomic mass is 32.2. The number of nitrogens with zero attached hydrogens (tertiary/aromatic N) is 2. The Morgan fingerprint density at radius 1 is 1.22 bits per heavy atom. The summed E-state index contributed by atoms with van der Waals surface area (Å²) in [7, 11) is -0.896. The first-order valence-corrected chi connectivity index (χ1v) is 9.72. The number of ether oxygens (including phenoxy) is 2. The van der Waals surface area contributed by atoms with E-state index in [4.69, 9.17) is 21.7 Å². The van der Waals surface area contributed by atoms with Crippen molar-refractivity contribution in [1.82, 2.24) is 14.7 Å². The fourth-order valence-electron chi connectivity index (χ4n) is 2.15. The predicted octanol–water partition coefficient (Wildman–Crippen LogP) is 1.88. The van der Waals surface area contributed by atoms with Crippen LogP contribution in [0.5, 0.6) is 11.5 Å². The Hall–Kier alpha value is -2.53. The van der Waals surface area contributed by atoms with Crippen molar-refractivity contribution in [2.24, 2.45) is 0 Å². The maximum Gasteiger partial charge on any atom is 0.237 e. The molecule has 0 radical (unpaired) electrons. The van der Waals surface area contributed by atoms with Gasteiger partial charge in [-0.05, 0) is 31.3 Å². The molecule has 2 rings (SSSR count). The van der Waals surface area contributed by atoms with Gasteiger partial charge in [-0.15, -0.1) is 0 Å². The van der Waals surface area contributed by atoms with E-state index in [1.165, 1.54) is 21.1 Å². The molecule has 0 aliphatic carbocycles. The molecule has 2 N–H and O–H groups in total. The summed E-state index contributed by atoms with van der Waals surface area (Å²) in [6, 6.07) is 5.08. The molecule has 0 aliphatic heterocycles. The summed E-state index contributed by atoms with van der Waals surface area (Å²) >= 11 is 5.11. The Kier molecular flexibility index (Phi) is 6.86. The van der Waals surface area contributed by atoms with Gasteiger partial charge in [-0.2, -0.15) is 0 Å². The second kappa shape index (κ2) is 8.91. The summed E-state index contributed by atoms with van der Waals surface area (Å²) in [6.45, 7) is 1.47. The number of nitrogens with one attached hydrogen (secondary N) is 2. The molecule has 0 amide bonds. The summed E-state index contributed by atoms with van der Waals surface area (Å²) < 4.78 is 50.6. The molecular formula is C16H19FN4O4S2. The molecular weight excluding hydrogens is 395 g/mol. The molecule has 27 heavy (non-hydrogen) atoms. The molecule has 11 heteroatoms. The number of thiocarbonyl (C=S) groups is 1. The van der Waals surface area contributed by atoms with Gasteiger partial charge in [-0.3, -0.25) is 4.72 Å². The SMILES string of the molecule is COc1cccc(OC)c1NC(=S)NS(=O)(=O)[C@@H](C)Cc1ncc(F)cn1. The summed E-state index contributed by atoms with van der Waals surface area (Å²) in [6.07, 6.45) is 1.96. The first-order chi connectivity index (χ1) is 12.8. The van der Waals surface area contributed by atoms with Crippen molar-refractivity contribution in [2.75, 3.05) is 19.5 Å². The van der Waals surface area contributed by atoms with Crippen LogP contribution in [0.15, 0.2) is 30.6 Å². The molecule has 1 aromatic carbocycles. The van der Waals surface area contributed by atoms with Gasteiger partial charge < -0.3 is 14.8 Å². The van der Waals surface area contributed by atoms with Crippen molar-refractivity contribution in [3.05, 3.63) is 42.2 Å². The molecule has 0 unspecified atom stereocenters. The van der Waals surface area contributed by atoms with E-state index < -0.39 is 21.1 Å². The van der Waals surface area contributed by atoms with Crippen LogP contribution in [0.1, 0.15) is 12.7 Å². The third-order valence-corrected chi connectivity index (χ3v) is 5.62. The Morgan fingerprint density at radius 3 is 2.30 bits per heavy atom. The van der Waals surface area contributed by atoms with Gasteiger partial charge in [0.1, 0.15) is 23.0 Å². The summed E-state index contributed by atoms with van der Waals surface area (Å²) in [5, 5.41) is 1.72. The second-order valence-corrected chi connectivity index (χ2v) is 7.98. The maximum absolute atomic E-state index is 12.9. The lowest BCUT2D eigenvalue weighted by Gasteiger charge is -2.18. The van der Waals surface area contributed by atoms with Crippen molar-refractivity contribution in [3.8, 4) is 11.5 Å². The van der Waals surface area contributed by atoms with Gasteiger partial charge in [0.05, 0.1) is 31.9 Å². The van der Waals surface area contributed by atoms with Crippen molar-refractivity contribution in [1.29, 1.82) is 0 Å². The number of sulfonamides is 1. The highest BCUT2D eigenvalue weighted by molar-refractivity contribution is 7.92. The molecule has 1 atom stereocenters. The van der Waals surface area contributed by atoms with Crippen molar-refractivity contribution in [3.63, 3.8) is 0 Å². The molecule has 0 saturated carbocycles. The van der Waals surface area contributed by atoms with Gasteiger partial charge in [-0.25, -0.2) is 22.8 Å². The van der Waals surface area contributed by atoms with Gasteiger partial charge in [0, 0.05) is 6.42 Å². The molecule has 1 heterocycles. The van der Waals surface area contributed by atoms with Gasteiger partial charge in [0.15, 0.2) is 10.9 Å². The molecule has 0 fully saturated rings. The normalized spacial score (nSPS) is 12.1. The van der Waals surface area contributed by atoms with E-state index in [0.29, 0.717) is 17.2 Å². The summed E-state index contributed by atoms with van der Waals surface area (Å²) in [5.74, 6) is 0.482. The largest absolute Gasteiger partial charge is 0.494 e. The summed E-state index contributed by atoms with van der Waals surface area (Å²) in [4.78, 5) is 7.53. The number of halogens is 1. The van der Waals surface area contributed by atoms with Crippen LogP contribution in [-0.4, -0.2) is 43.0 Å². The Balaban J connectivity index is 2.09. The van der Waals surface area contributed by atoms with Gasteiger partial charge in [-0.1, -0.05) is 6.07 Å². The monoisotopic (exact) mass is 414 g/mol. The third-order valence-electron chi connectivity index (χ3n) is 3.57. The average Bonchev–Trinajstić information content (AvgIpc) is 2.63. The second-order valence-electron chi connectivity index (χ2n) is 5.47. The number of hydrogen-bond donors (Lipinski definition) is 2. The van der Waals surface area contributed by atoms with Gasteiger partial charge in [0.2, 0.25) is 10.0 Å². The van der Waals surface area contributed by atoms with Crippen molar-refractivity contribution < 1.29 is 22.3 Å². The van der Waals surface area contributed by atoms with E-state index in [0.717, 1.165) is 12.4 Å². The standard InChI is InChI=1S/C16H19FN4O4S2/c1-10(7-14-18-8-11(17)9-19-14)27(22,23)21-16(26)20-15-12(24-2)5-4-6-13(15)25-3/h4-6,8-10H,7H2,1-3H3,(H2,20,21,26)/t10-/m0/s1. The zero-order valence-electron chi connectivity index (χ0n) is 14.9. The number of benzene rings is 1. The van der Waals surface area contributed by atoms with Crippen LogP contribution in [0.3, 0.4) is 0 Å². The van der Waals surface area contributed by atoms with E-state index in [1.54, 1.807) is 18.2 Å². The van der Waals surface area contributed by atoms with E-state index in [-0.39, 0.29) is 17.4 Å². The molecule has 146 valence electrons. The first-order valence-electron chi connectivity index (χ1n) is 7.77. The van der Waals surface area contributed by atoms with Crippen LogP contribution in [-0.2, 0) is 16.4 Å². The van der Waals surface area contributed by atoms with Crippen LogP contribution < -0.4 is 19.5 Å². The van der Waals surface area contributed by atoms with E-state index >= 15 is 0 Å². The highest BCUT2D eigenvalue weighted by Gasteiger charge is 2.24. The van der Waals surface area contributed by atoms with E-state index in [2.05, 4.69) is 20.0 Å². The molecule has 1 aromatic heterocycles. The van der Waals surface area contributed by atoms with Gasteiger partial charge in [0.25, 0.3) is 0 Å². The number of rotatable bonds is 7. The molecule has 0 aliphatic rings. The Labute approximate surface area is 162 Å². The smallest absolute Gasteiger partial charge is 0.237 e. The Morgan fingerprint density at radius 2 is 1.78 bits per heavy atom. The third kappa shape index (κ3) is 5.47. The highest BCUT2D eigenvalue weighted by Crippen LogP contribution is 2.34. The van der Waals surface area contributed by atoms with Gasteiger partial charge >= 0.3 is 0 Å². The molecule has 0 bridgehead atoms. The molecule has 2 aromatic rings. The Bertz CT molecular complexity index is 885. The van der Waals surface area contributed by atoms with E-state index in [9.17, 15) is 12.8 Å². The minimum atomic E-state index is -3.84. The fraction of sp³-hybridized carbons (Fsp3) is 0.312. The minimum absolute atomic E-state index is 0.00376. The minimum Gasteiger partial charge on any atom is -0.494 e. The van der Waals surface area contributed by atoms with Crippen LogP contribution in [0.25, 0.3) is 0 Å². The molecule has 0 spiro atoms. The zero-order valence-corrected chi connectivity index (χ0v) is 16.5. The maximum atomic E-state index is 12.9. The van der Waals surface area contributed by atoms with Crippen molar-refractivity contribution >= 4 is 33.0 Å². The number of anilines is 1. The van der Waals surface area contributed by atoms with Crippen LogP contribution >= 0.6 is 12.2 Å². The van der Waals surface area contributed by atoms with Crippen LogP contribution in [0.2, 0.25) is 0 Å². The van der Waals surface area contributed by atoms with Crippen molar-refractivity contribution in [2.45, 2.75) is 18.6 Å². The molecule has 0 saturated heterocycles. The average molecular weight is 414 g/mol. The molecule has 8 nitrogen and oxygen atoms in total. The lowest BCUT2D eigenvalue weighted by atomic mass is 10.2. The lowest BCUT2D eigenvalue weighted by Crippen LogP contribution is -2.40. The van der Waals surface area contributed by atoms with Crippen LogP contribution in [0, 0.1) is 5.82 Å². The summed E-state index contributed by atoms with van der Waals surface area (Å²) in [5.41, 5.74) is 0.393. The number of hydrogen-bond acceptors (Lipinski definition) is 7. The quantitative estimate of drug-likeness (QED) is 0.662. The number of para-hydroxylation sites is 1. The lowest BCUT2D eigenvalue weighted by molar-refractivity contribution is 0.398. The number of aromatic nitrogens is 2. The topological polar surface area (TPSA) is 102 Å². The van der Waals surface area contributed by atoms with E-state index in [1.807, 2.05) is 0 Å². The fourth-order valence-corrected chi connectivity index (χ4v) is 3.48. The first kappa shape index (κ1) is 20.8. The zero-order chi connectivity index (χ0) is 20.0. The predicted molar refractivity (Wildman–Crippen MR) is 103 cm³/mol. The van der Waals surface area contributed by atoms with Crippen LogP contribution in [0.4, 0.5) is 10.1 Å².